The first-order valence-corrected chi connectivity index (χ1v) is 5.66. The molecule has 1 aromatic rings. The minimum atomic E-state index is -0.698. The first-order chi connectivity index (χ1) is 8.52. The van der Waals surface area contributed by atoms with Crippen LogP contribution in [0.4, 0.5) is 0 Å². The summed E-state index contributed by atoms with van der Waals surface area (Å²) in [5.41, 5.74) is 0. The molecule has 1 atom stereocenters. The quantitative estimate of drug-likeness (QED) is 0.822. The molecule has 0 aliphatic carbocycles. The Morgan fingerprint density at radius 1 is 1.33 bits per heavy atom. The van der Waals surface area contributed by atoms with Crippen molar-refractivity contribution in [2.24, 2.45) is 0 Å². The number of nitrogens with one attached hydrogen (secondary N) is 1. The molecule has 0 aromatic heterocycles. The first-order valence-electron chi connectivity index (χ1n) is 5.28. The number of ether oxygens (including phenoxy) is 2. The van der Waals surface area contributed by atoms with Gasteiger partial charge in [-0.05, 0) is 31.2 Å². The second kappa shape index (κ2) is 6.86. The Hall–Kier alpha value is -1.75. The van der Waals surface area contributed by atoms with E-state index in [0.717, 1.165) is 0 Å². The lowest BCUT2D eigenvalue weighted by Gasteiger charge is -2.12. The fourth-order valence-electron chi connectivity index (χ4n) is 1.20. The van der Waals surface area contributed by atoms with Crippen LogP contribution in [0, 0.1) is 0 Å². The van der Waals surface area contributed by atoms with Crippen LogP contribution in [0.1, 0.15) is 6.92 Å². The Morgan fingerprint density at radius 2 is 1.94 bits per heavy atom. The molecule has 1 N–H and O–H groups in total. The Balaban J connectivity index is 2.37. The molecule has 0 spiro atoms. The summed E-state index contributed by atoms with van der Waals surface area (Å²) < 4.78 is 9.69. The van der Waals surface area contributed by atoms with Crippen LogP contribution in [0.2, 0.25) is 5.02 Å². The maximum atomic E-state index is 11.4. The van der Waals surface area contributed by atoms with Gasteiger partial charge < -0.3 is 14.8 Å². The van der Waals surface area contributed by atoms with Crippen LogP contribution in [0.5, 0.6) is 5.75 Å². The van der Waals surface area contributed by atoms with Gasteiger partial charge >= 0.3 is 5.97 Å². The minimum absolute atomic E-state index is 0.178. The van der Waals surface area contributed by atoms with E-state index < -0.39 is 17.9 Å². The topological polar surface area (TPSA) is 64.6 Å². The van der Waals surface area contributed by atoms with Crippen molar-refractivity contribution in [1.82, 2.24) is 5.32 Å². The van der Waals surface area contributed by atoms with Gasteiger partial charge in [-0.25, -0.2) is 4.79 Å². The predicted molar refractivity (Wildman–Crippen MR) is 66.6 cm³/mol. The molecule has 0 saturated heterocycles. The molecule has 0 fully saturated rings. The van der Waals surface area contributed by atoms with Gasteiger partial charge in [-0.2, -0.15) is 0 Å². The molecule has 1 amide bonds. The summed E-state index contributed by atoms with van der Waals surface area (Å²) in [5.74, 6) is -0.377. The van der Waals surface area contributed by atoms with E-state index in [9.17, 15) is 9.59 Å². The summed E-state index contributed by atoms with van der Waals surface area (Å²) in [4.78, 5) is 22.5. The third-order valence-corrected chi connectivity index (χ3v) is 2.37. The van der Waals surface area contributed by atoms with Crippen LogP contribution in [0.3, 0.4) is 0 Å². The van der Waals surface area contributed by atoms with Gasteiger partial charge in [0.05, 0.1) is 7.11 Å². The maximum Gasteiger partial charge on any atom is 0.328 e. The van der Waals surface area contributed by atoms with Crippen LogP contribution in [-0.4, -0.2) is 31.6 Å². The number of benzene rings is 1. The fourth-order valence-corrected chi connectivity index (χ4v) is 1.32. The monoisotopic (exact) mass is 271 g/mol. The molecule has 0 heterocycles. The van der Waals surface area contributed by atoms with Crippen molar-refractivity contribution in [3.8, 4) is 5.75 Å². The van der Waals surface area contributed by atoms with Crippen molar-refractivity contribution in [1.29, 1.82) is 0 Å². The molecule has 0 aliphatic heterocycles. The Morgan fingerprint density at radius 3 is 2.50 bits per heavy atom. The van der Waals surface area contributed by atoms with Gasteiger partial charge in [-0.3, -0.25) is 4.79 Å². The van der Waals surface area contributed by atoms with Crippen molar-refractivity contribution in [3.63, 3.8) is 0 Å². The molecule has 0 radical (unpaired) electrons. The molecule has 0 aliphatic rings. The Bertz CT molecular complexity index is 419. The molecule has 6 heteroatoms. The van der Waals surface area contributed by atoms with Gasteiger partial charge in [-0.1, -0.05) is 11.6 Å². The lowest BCUT2D eigenvalue weighted by atomic mass is 10.3. The molecular weight excluding hydrogens is 258 g/mol. The maximum absolute atomic E-state index is 11.4. The Kier molecular flexibility index (Phi) is 5.45. The summed E-state index contributed by atoms with van der Waals surface area (Å²) in [6.07, 6.45) is 0. The highest BCUT2D eigenvalue weighted by Crippen LogP contribution is 2.15. The number of amides is 1. The number of methoxy groups -OCH3 is 1. The molecule has 5 nitrogen and oxygen atoms in total. The van der Waals surface area contributed by atoms with E-state index in [4.69, 9.17) is 16.3 Å². The van der Waals surface area contributed by atoms with Crippen molar-refractivity contribution < 1.29 is 19.1 Å². The van der Waals surface area contributed by atoms with Gasteiger partial charge in [0, 0.05) is 5.02 Å². The zero-order valence-electron chi connectivity index (χ0n) is 10.1. The van der Waals surface area contributed by atoms with Crippen molar-refractivity contribution in [2.75, 3.05) is 13.7 Å². The number of rotatable bonds is 5. The second-order valence-corrected chi connectivity index (χ2v) is 3.99. The van der Waals surface area contributed by atoms with E-state index in [-0.39, 0.29) is 6.61 Å². The van der Waals surface area contributed by atoms with Crippen LogP contribution in [0.15, 0.2) is 24.3 Å². The van der Waals surface area contributed by atoms with E-state index in [2.05, 4.69) is 10.1 Å². The number of carbonyl (C=O) groups is 2. The van der Waals surface area contributed by atoms with Gasteiger partial charge in [0.25, 0.3) is 5.91 Å². The lowest BCUT2D eigenvalue weighted by molar-refractivity contribution is -0.144. The molecule has 0 saturated carbocycles. The standard InChI is InChI=1S/C12H14ClNO4/c1-8(12(16)17-2)14-11(15)7-18-10-5-3-9(13)4-6-10/h3-6,8H,7H2,1-2H3,(H,14,15). The average molecular weight is 272 g/mol. The highest BCUT2D eigenvalue weighted by atomic mass is 35.5. The fraction of sp³-hybridized carbons (Fsp3) is 0.333. The molecule has 18 heavy (non-hydrogen) atoms. The van der Waals surface area contributed by atoms with E-state index in [1.165, 1.54) is 14.0 Å². The SMILES string of the molecule is COC(=O)C(C)NC(=O)COc1ccc(Cl)cc1. The number of esters is 1. The molecule has 1 aromatic carbocycles. The molecule has 1 rings (SSSR count). The number of halogens is 1. The lowest BCUT2D eigenvalue weighted by Crippen LogP contribution is -2.41. The molecule has 98 valence electrons. The molecule has 1 unspecified atom stereocenters. The number of hydrogen-bond donors (Lipinski definition) is 1. The van der Waals surface area contributed by atoms with Gasteiger partial charge in [0.2, 0.25) is 0 Å². The Labute approximate surface area is 110 Å². The van der Waals surface area contributed by atoms with Crippen LogP contribution in [-0.2, 0) is 14.3 Å². The van der Waals surface area contributed by atoms with Crippen molar-refractivity contribution in [3.05, 3.63) is 29.3 Å². The first kappa shape index (κ1) is 14.3. The summed E-state index contributed by atoms with van der Waals surface area (Å²) >= 11 is 5.71. The predicted octanol–water partition coefficient (Wildman–Crippen LogP) is 1.40. The number of carbonyl (C=O) groups excluding carboxylic acids is 2. The second-order valence-electron chi connectivity index (χ2n) is 3.55. The van der Waals surface area contributed by atoms with E-state index in [0.29, 0.717) is 10.8 Å². The average Bonchev–Trinajstić information content (AvgIpc) is 2.37. The zero-order chi connectivity index (χ0) is 13.5. The van der Waals surface area contributed by atoms with Crippen LogP contribution in [0.25, 0.3) is 0 Å². The van der Waals surface area contributed by atoms with Crippen molar-refractivity contribution >= 4 is 23.5 Å². The minimum Gasteiger partial charge on any atom is -0.484 e. The number of hydrogen-bond acceptors (Lipinski definition) is 4. The summed E-state index contributed by atoms with van der Waals surface area (Å²) in [6.45, 7) is 1.36. The normalized spacial score (nSPS) is 11.5. The van der Waals surface area contributed by atoms with E-state index in [1.54, 1.807) is 24.3 Å². The largest absolute Gasteiger partial charge is 0.484 e. The van der Waals surface area contributed by atoms with Gasteiger partial charge in [0.15, 0.2) is 6.61 Å². The van der Waals surface area contributed by atoms with Gasteiger partial charge in [0.1, 0.15) is 11.8 Å². The molecular formula is C12H14ClNO4. The van der Waals surface area contributed by atoms with Gasteiger partial charge in [-0.15, -0.1) is 0 Å². The summed E-state index contributed by atoms with van der Waals surface area (Å²) in [5, 5.41) is 3.04. The zero-order valence-corrected chi connectivity index (χ0v) is 10.9. The third kappa shape index (κ3) is 4.63. The van der Waals surface area contributed by atoms with Crippen molar-refractivity contribution in [2.45, 2.75) is 13.0 Å². The highest BCUT2D eigenvalue weighted by Gasteiger charge is 2.15. The summed E-state index contributed by atoms with van der Waals surface area (Å²) in [7, 11) is 1.26. The van der Waals surface area contributed by atoms with E-state index >= 15 is 0 Å². The highest BCUT2D eigenvalue weighted by molar-refractivity contribution is 6.30. The molecule has 0 bridgehead atoms. The smallest absolute Gasteiger partial charge is 0.328 e. The third-order valence-electron chi connectivity index (χ3n) is 2.12. The van der Waals surface area contributed by atoms with E-state index in [1.807, 2.05) is 0 Å². The summed E-state index contributed by atoms with van der Waals surface area (Å²) in [6, 6.07) is 5.92. The van der Waals surface area contributed by atoms with Crippen LogP contribution >= 0.6 is 11.6 Å². The van der Waals surface area contributed by atoms with Crippen LogP contribution < -0.4 is 10.1 Å².